The topological polar surface area (TPSA) is 49.4 Å². The second-order valence-electron chi connectivity index (χ2n) is 7.11. The van der Waals surface area contributed by atoms with E-state index in [1.807, 2.05) is 0 Å². The summed E-state index contributed by atoms with van der Waals surface area (Å²) < 4.78 is 13.0. The largest absolute Gasteiger partial charge is 0.349 e. The lowest BCUT2D eigenvalue weighted by Crippen LogP contribution is -2.37. The van der Waals surface area contributed by atoms with Gasteiger partial charge in [-0.1, -0.05) is 43.5 Å². The molecule has 28 heavy (non-hydrogen) atoms. The molecule has 1 saturated carbocycles. The molecule has 0 bridgehead atoms. The fraction of sp³-hybridized carbons (Fsp3) is 0.304. The number of amides is 2. The van der Waals surface area contributed by atoms with Gasteiger partial charge in [0, 0.05) is 19.2 Å². The summed E-state index contributed by atoms with van der Waals surface area (Å²) >= 11 is 0. The van der Waals surface area contributed by atoms with E-state index in [0.29, 0.717) is 11.3 Å². The fourth-order valence-corrected chi connectivity index (χ4v) is 3.44. The maximum Gasteiger partial charge on any atom is 0.253 e. The Kier molecular flexibility index (Phi) is 6.58. The predicted molar refractivity (Wildman–Crippen MR) is 110 cm³/mol. The highest BCUT2D eigenvalue weighted by Gasteiger charge is 2.20. The molecule has 0 spiro atoms. The zero-order valence-electron chi connectivity index (χ0n) is 16.0. The number of likely N-dealkylation sites (N-methyl/N-ethyl adjacent to an activating group) is 1. The van der Waals surface area contributed by atoms with Gasteiger partial charge in [-0.05, 0) is 48.7 Å². The number of para-hydroxylation sites is 1. The Morgan fingerprint density at radius 1 is 1.04 bits per heavy atom. The van der Waals surface area contributed by atoms with E-state index in [1.54, 1.807) is 49.5 Å². The summed E-state index contributed by atoms with van der Waals surface area (Å²) in [4.78, 5) is 26.8. The summed E-state index contributed by atoms with van der Waals surface area (Å²) in [6.07, 6.45) is 8.55. The highest BCUT2D eigenvalue weighted by atomic mass is 19.1. The minimum Gasteiger partial charge on any atom is -0.349 e. The molecule has 1 aliphatic carbocycles. The third-order valence-corrected chi connectivity index (χ3v) is 5.07. The van der Waals surface area contributed by atoms with Gasteiger partial charge in [0.25, 0.3) is 11.8 Å². The van der Waals surface area contributed by atoms with Gasteiger partial charge in [-0.2, -0.15) is 0 Å². The van der Waals surface area contributed by atoms with Crippen LogP contribution in [-0.4, -0.2) is 24.9 Å². The number of halogens is 1. The summed E-state index contributed by atoms with van der Waals surface area (Å²) in [5, 5.41) is 3.10. The van der Waals surface area contributed by atoms with Crippen LogP contribution >= 0.6 is 0 Å². The van der Waals surface area contributed by atoms with E-state index in [0.717, 1.165) is 31.2 Å². The third kappa shape index (κ3) is 5.06. The average molecular weight is 380 g/mol. The quantitative estimate of drug-likeness (QED) is 0.773. The Labute approximate surface area is 165 Å². The molecule has 1 aliphatic rings. The van der Waals surface area contributed by atoms with Gasteiger partial charge in [0.15, 0.2) is 0 Å². The van der Waals surface area contributed by atoms with E-state index in [9.17, 15) is 14.0 Å². The molecule has 1 N–H and O–H groups in total. The number of anilines is 1. The van der Waals surface area contributed by atoms with Gasteiger partial charge in [0.1, 0.15) is 5.82 Å². The molecule has 0 unspecified atom stereocenters. The van der Waals surface area contributed by atoms with Crippen LogP contribution in [0, 0.1) is 5.82 Å². The van der Waals surface area contributed by atoms with Crippen molar-refractivity contribution in [3.05, 3.63) is 71.6 Å². The Hall–Kier alpha value is -2.95. The summed E-state index contributed by atoms with van der Waals surface area (Å²) in [5.41, 5.74) is 1.77. The first-order valence-corrected chi connectivity index (χ1v) is 9.66. The Morgan fingerprint density at radius 3 is 2.43 bits per heavy atom. The van der Waals surface area contributed by atoms with Crippen molar-refractivity contribution >= 4 is 23.6 Å². The number of carbonyl (C=O) groups excluding carboxylic acids is 2. The van der Waals surface area contributed by atoms with Crippen molar-refractivity contribution in [2.24, 2.45) is 0 Å². The monoisotopic (exact) mass is 380 g/mol. The lowest BCUT2D eigenvalue weighted by atomic mass is 9.95. The number of hydrogen-bond donors (Lipinski definition) is 1. The van der Waals surface area contributed by atoms with Crippen molar-refractivity contribution in [1.29, 1.82) is 0 Å². The lowest BCUT2D eigenvalue weighted by molar-refractivity contribution is -0.113. The standard InChI is InChI=1S/C23H25FN2O2/c1-26(22(27)16-13-17-11-14-18(24)15-12-17)21-10-6-5-9-20(21)23(28)25-19-7-3-2-4-8-19/h5-6,9-16,19H,2-4,7-8H2,1H3,(H,25,28). The summed E-state index contributed by atoms with van der Waals surface area (Å²) in [6, 6.07) is 13.2. The van der Waals surface area contributed by atoms with Crippen molar-refractivity contribution < 1.29 is 14.0 Å². The molecule has 5 heteroatoms. The SMILES string of the molecule is CN(C(=O)C=Cc1ccc(F)cc1)c1ccccc1C(=O)NC1CCCCC1. The van der Waals surface area contributed by atoms with Crippen LogP contribution in [0.2, 0.25) is 0 Å². The molecule has 2 aromatic rings. The van der Waals surface area contributed by atoms with Crippen LogP contribution in [0.4, 0.5) is 10.1 Å². The van der Waals surface area contributed by atoms with Gasteiger partial charge < -0.3 is 10.2 Å². The molecule has 2 amide bonds. The van der Waals surface area contributed by atoms with E-state index >= 15 is 0 Å². The number of nitrogens with one attached hydrogen (secondary N) is 1. The minimum absolute atomic E-state index is 0.148. The molecule has 0 aromatic heterocycles. The van der Waals surface area contributed by atoms with Crippen LogP contribution in [0.5, 0.6) is 0 Å². The first-order chi connectivity index (χ1) is 13.5. The second-order valence-corrected chi connectivity index (χ2v) is 7.11. The van der Waals surface area contributed by atoms with Crippen molar-refractivity contribution in [1.82, 2.24) is 5.32 Å². The number of rotatable bonds is 5. The molecule has 1 fully saturated rings. The molecular weight excluding hydrogens is 355 g/mol. The van der Waals surface area contributed by atoms with E-state index in [1.165, 1.54) is 29.5 Å². The molecule has 0 saturated heterocycles. The molecule has 146 valence electrons. The molecule has 3 rings (SSSR count). The van der Waals surface area contributed by atoms with E-state index in [2.05, 4.69) is 5.32 Å². The highest BCUT2D eigenvalue weighted by molar-refractivity contribution is 6.08. The first-order valence-electron chi connectivity index (χ1n) is 9.66. The first kappa shape index (κ1) is 19.8. The van der Waals surface area contributed by atoms with E-state index in [-0.39, 0.29) is 23.7 Å². The second kappa shape index (κ2) is 9.31. The molecule has 0 radical (unpaired) electrons. The minimum atomic E-state index is -0.321. The van der Waals surface area contributed by atoms with Crippen LogP contribution in [-0.2, 0) is 4.79 Å². The fourth-order valence-electron chi connectivity index (χ4n) is 3.44. The van der Waals surface area contributed by atoms with Gasteiger partial charge in [-0.3, -0.25) is 9.59 Å². The zero-order valence-corrected chi connectivity index (χ0v) is 16.0. The van der Waals surface area contributed by atoms with Crippen molar-refractivity contribution in [2.75, 3.05) is 11.9 Å². The van der Waals surface area contributed by atoms with Gasteiger partial charge in [0.2, 0.25) is 0 Å². The average Bonchev–Trinajstić information content (AvgIpc) is 2.73. The van der Waals surface area contributed by atoms with E-state index in [4.69, 9.17) is 0 Å². The van der Waals surface area contributed by atoms with Crippen molar-refractivity contribution in [3.63, 3.8) is 0 Å². The smallest absolute Gasteiger partial charge is 0.253 e. The maximum atomic E-state index is 13.0. The molecule has 2 aromatic carbocycles. The number of hydrogen-bond acceptors (Lipinski definition) is 2. The third-order valence-electron chi connectivity index (χ3n) is 5.07. The molecular formula is C23H25FN2O2. The molecule has 0 heterocycles. The molecule has 0 aliphatic heterocycles. The van der Waals surface area contributed by atoms with Crippen LogP contribution in [0.15, 0.2) is 54.6 Å². The number of benzene rings is 2. The van der Waals surface area contributed by atoms with Crippen molar-refractivity contribution in [2.45, 2.75) is 38.1 Å². The van der Waals surface area contributed by atoms with Crippen LogP contribution in [0.1, 0.15) is 48.0 Å². The van der Waals surface area contributed by atoms with Crippen molar-refractivity contribution in [3.8, 4) is 0 Å². The van der Waals surface area contributed by atoms with Gasteiger partial charge in [-0.15, -0.1) is 0 Å². The van der Waals surface area contributed by atoms with Gasteiger partial charge in [-0.25, -0.2) is 4.39 Å². The summed E-state index contributed by atoms with van der Waals surface area (Å²) in [7, 11) is 1.64. The van der Waals surface area contributed by atoms with E-state index < -0.39 is 0 Å². The molecule has 4 nitrogen and oxygen atoms in total. The van der Waals surface area contributed by atoms with Crippen LogP contribution < -0.4 is 10.2 Å². The van der Waals surface area contributed by atoms with Crippen LogP contribution in [0.3, 0.4) is 0 Å². The normalized spacial score (nSPS) is 14.8. The summed E-state index contributed by atoms with van der Waals surface area (Å²) in [6.45, 7) is 0. The van der Waals surface area contributed by atoms with Gasteiger partial charge in [0.05, 0.1) is 11.3 Å². The van der Waals surface area contributed by atoms with Gasteiger partial charge >= 0.3 is 0 Å². The number of nitrogens with zero attached hydrogens (tertiary/aromatic N) is 1. The highest BCUT2D eigenvalue weighted by Crippen LogP contribution is 2.22. The number of carbonyl (C=O) groups is 2. The Morgan fingerprint density at radius 2 is 1.71 bits per heavy atom. The Bertz CT molecular complexity index is 855. The Balaban J connectivity index is 1.72. The predicted octanol–water partition coefficient (Wildman–Crippen LogP) is 4.56. The molecule has 0 atom stereocenters. The maximum absolute atomic E-state index is 13.0. The lowest BCUT2D eigenvalue weighted by Gasteiger charge is -2.24. The van der Waals surface area contributed by atoms with Crippen LogP contribution in [0.25, 0.3) is 6.08 Å². The zero-order chi connectivity index (χ0) is 19.9. The summed E-state index contributed by atoms with van der Waals surface area (Å²) in [5.74, 6) is -0.731.